The van der Waals surface area contributed by atoms with Gasteiger partial charge in [0, 0.05) is 16.8 Å². The Balaban J connectivity index is 1.61. The van der Waals surface area contributed by atoms with Gasteiger partial charge < -0.3 is 10.6 Å². The number of carbonyl (C=O) groups is 1. The summed E-state index contributed by atoms with van der Waals surface area (Å²) in [5.74, 6) is -0.0587. The highest BCUT2D eigenvalue weighted by atomic mass is 32.1. The van der Waals surface area contributed by atoms with Crippen LogP contribution in [0.2, 0.25) is 0 Å². The molecular formula is C19H19N3OS. The maximum Gasteiger partial charge on any atom is 0.230 e. The van der Waals surface area contributed by atoms with Crippen molar-refractivity contribution in [2.45, 2.75) is 20.3 Å². The fourth-order valence-corrected chi connectivity index (χ4v) is 3.24. The van der Waals surface area contributed by atoms with E-state index in [1.165, 1.54) is 11.3 Å². The second-order valence-electron chi connectivity index (χ2n) is 5.74. The average molecular weight is 337 g/mol. The Morgan fingerprint density at radius 1 is 1.04 bits per heavy atom. The van der Waals surface area contributed by atoms with Gasteiger partial charge in [0.05, 0.1) is 12.1 Å². The second-order valence-corrected chi connectivity index (χ2v) is 6.59. The molecule has 0 aliphatic heterocycles. The van der Waals surface area contributed by atoms with E-state index in [9.17, 15) is 4.79 Å². The van der Waals surface area contributed by atoms with E-state index < -0.39 is 0 Å². The minimum absolute atomic E-state index is 0.0587. The number of hydrogen-bond acceptors (Lipinski definition) is 4. The fourth-order valence-electron chi connectivity index (χ4n) is 2.51. The van der Waals surface area contributed by atoms with Crippen LogP contribution in [-0.4, -0.2) is 10.9 Å². The SMILES string of the molecule is Cc1cc(C)cc(NC(=O)Cc2csc(Nc3ccccc3)n2)c1. The largest absolute Gasteiger partial charge is 0.332 e. The van der Waals surface area contributed by atoms with E-state index in [4.69, 9.17) is 0 Å². The van der Waals surface area contributed by atoms with Gasteiger partial charge in [0.2, 0.25) is 5.91 Å². The van der Waals surface area contributed by atoms with Crippen LogP contribution in [0.5, 0.6) is 0 Å². The van der Waals surface area contributed by atoms with E-state index in [2.05, 4.69) is 21.7 Å². The zero-order valence-corrected chi connectivity index (χ0v) is 14.5. The maximum atomic E-state index is 12.2. The molecule has 2 N–H and O–H groups in total. The zero-order chi connectivity index (χ0) is 16.9. The third-order valence-electron chi connectivity index (χ3n) is 3.42. The van der Waals surface area contributed by atoms with Crippen molar-refractivity contribution in [2.24, 2.45) is 0 Å². The Morgan fingerprint density at radius 3 is 2.46 bits per heavy atom. The lowest BCUT2D eigenvalue weighted by Gasteiger charge is -2.06. The molecule has 1 aromatic heterocycles. The molecule has 0 fully saturated rings. The van der Waals surface area contributed by atoms with Gasteiger partial charge in [-0.05, 0) is 49.2 Å². The van der Waals surface area contributed by atoms with E-state index in [1.807, 2.05) is 61.7 Å². The quantitative estimate of drug-likeness (QED) is 0.710. The van der Waals surface area contributed by atoms with Crippen LogP contribution in [0, 0.1) is 13.8 Å². The monoisotopic (exact) mass is 337 g/mol. The standard InChI is InChI=1S/C19H19N3OS/c1-13-8-14(2)10-16(9-13)20-18(23)11-17-12-24-19(22-17)21-15-6-4-3-5-7-15/h3-10,12H,11H2,1-2H3,(H,20,23)(H,21,22). The molecule has 0 radical (unpaired) electrons. The Bertz CT molecular complexity index is 823. The smallest absolute Gasteiger partial charge is 0.230 e. The predicted octanol–water partition coefficient (Wildman–Crippen LogP) is 4.68. The summed E-state index contributed by atoms with van der Waals surface area (Å²) in [4.78, 5) is 16.7. The first-order valence-corrected chi connectivity index (χ1v) is 8.61. The first kappa shape index (κ1) is 16.2. The second kappa shape index (κ2) is 7.27. The number of aryl methyl sites for hydroxylation is 2. The number of anilines is 3. The van der Waals surface area contributed by atoms with E-state index >= 15 is 0 Å². The summed E-state index contributed by atoms with van der Waals surface area (Å²) in [6.07, 6.45) is 0.264. The van der Waals surface area contributed by atoms with E-state index in [0.717, 1.165) is 33.3 Å². The molecule has 3 rings (SSSR count). The number of thiazole rings is 1. The van der Waals surface area contributed by atoms with Crippen molar-refractivity contribution in [2.75, 3.05) is 10.6 Å². The van der Waals surface area contributed by atoms with Crippen LogP contribution in [0.1, 0.15) is 16.8 Å². The van der Waals surface area contributed by atoms with Crippen LogP contribution in [0.15, 0.2) is 53.9 Å². The minimum Gasteiger partial charge on any atom is -0.332 e. The summed E-state index contributed by atoms with van der Waals surface area (Å²) in [5, 5.41) is 8.87. The number of para-hydroxylation sites is 1. The van der Waals surface area contributed by atoms with Crippen LogP contribution in [0.25, 0.3) is 0 Å². The van der Waals surface area contributed by atoms with Gasteiger partial charge in [-0.15, -0.1) is 11.3 Å². The third kappa shape index (κ3) is 4.43. The molecule has 0 unspecified atom stereocenters. The van der Waals surface area contributed by atoms with Gasteiger partial charge in [0.1, 0.15) is 0 Å². The molecule has 0 spiro atoms. The minimum atomic E-state index is -0.0587. The zero-order valence-electron chi connectivity index (χ0n) is 13.7. The molecule has 0 aliphatic carbocycles. The molecule has 0 saturated heterocycles. The number of nitrogens with zero attached hydrogens (tertiary/aromatic N) is 1. The van der Waals surface area contributed by atoms with Gasteiger partial charge in [-0.1, -0.05) is 24.3 Å². The molecule has 4 nitrogen and oxygen atoms in total. The lowest BCUT2D eigenvalue weighted by atomic mass is 10.1. The molecule has 122 valence electrons. The van der Waals surface area contributed by atoms with Gasteiger partial charge in [-0.2, -0.15) is 0 Å². The first-order chi connectivity index (χ1) is 11.6. The van der Waals surface area contributed by atoms with Gasteiger partial charge in [0.15, 0.2) is 5.13 Å². The molecule has 0 aliphatic rings. The van der Waals surface area contributed by atoms with Crippen LogP contribution in [-0.2, 0) is 11.2 Å². The molecule has 0 atom stereocenters. The average Bonchev–Trinajstić information content (AvgIpc) is 2.94. The number of hydrogen-bond donors (Lipinski definition) is 2. The van der Waals surface area contributed by atoms with Crippen molar-refractivity contribution in [3.8, 4) is 0 Å². The van der Waals surface area contributed by atoms with Crippen molar-refractivity contribution in [3.63, 3.8) is 0 Å². The number of aromatic nitrogens is 1. The van der Waals surface area contributed by atoms with Crippen LogP contribution in [0.3, 0.4) is 0 Å². The number of benzene rings is 2. The molecule has 0 bridgehead atoms. The third-order valence-corrected chi connectivity index (χ3v) is 4.23. The van der Waals surface area contributed by atoms with Gasteiger partial charge in [0.25, 0.3) is 0 Å². The molecular weight excluding hydrogens is 318 g/mol. The first-order valence-electron chi connectivity index (χ1n) is 7.73. The number of rotatable bonds is 5. The molecule has 1 heterocycles. The summed E-state index contributed by atoms with van der Waals surface area (Å²) >= 11 is 1.50. The molecule has 1 amide bonds. The lowest BCUT2D eigenvalue weighted by molar-refractivity contribution is -0.115. The summed E-state index contributed by atoms with van der Waals surface area (Å²) in [6.45, 7) is 4.04. The normalized spacial score (nSPS) is 10.4. The van der Waals surface area contributed by atoms with E-state index in [0.29, 0.717) is 0 Å². The summed E-state index contributed by atoms with van der Waals surface area (Å²) in [5.41, 5.74) is 4.84. The predicted molar refractivity (Wildman–Crippen MR) is 100 cm³/mol. The van der Waals surface area contributed by atoms with Gasteiger partial charge >= 0.3 is 0 Å². The number of carbonyl (C=O) groups excluding carboxylic acids is 1. The summed E-state index contributed by atoms with van der Waals surface area (Å²) in [6, 6.07) is 15.9. The van der Waals surface area contributed by atoms with E-state index in [1.54, 1.807) is 0 Å². The van der Waals surface area contributed by atoms with Crippen molar-refractivity contribution in [3.05, 3.63) is 70.7 Å². The molecule has 5 heteroatoms. The highest BCUT2D eigenvalue weighted by Crippen LogP contribution is 2.21. The topological polar surface area (TPSA) is 54.0 Å². The highest BCUT2D eigenvalue weighted by molar-refractivity contribution is 7.13. The van der Waals surface area contributed by atoms with Crippen LogP contribution >= 0.6 is 11.3 Å². The van der Waals surface area contributed by atoms with Crippen molar-refractivity contribution < 1.29 is 4.79 Å². The molecule has 0 saturated carbocycles. The van der Waals surface area contributed by atoms with Crippen LogP contribution in [0.4, 0.5) is 16.5 Å². The van der Waals surface area contributed by atoms with Crippen molar-refractivity contribution in [1.82, 2.24) is 4.98 Å². The lowest BCUT2D eigenvalue weighted by Crippen LogP contribution is -2.14. The Kier molecular flexibility index (Phi) is 4.91. The molecule has 3 aromatic rings. The van der Waals surface area contributed by atoms with Gasteiger partial charge in [-0.25, -0.2) is 4.98 Å². The highest BCUT2D eigenvalue weighted by Gasteiger charge is 2.09. The Labute approximate surface area is 145 Å². The Hall–Kier alpha value is -2.66. The molecule has 24 heavy (non-hydrogen) atoms. The van der Waals surface area contributed by atoms with Crippen molar-refractivity contribution >= 4 is 33.8 Å². The fraction of sp³-hybridized carbons (Fsp3) is 0.158. The van der Waals surface area contributed by atoms with Crippen LogP contribution < -0.4 is 10.6 Å². The van der Waals surface area contributed by atoms with Gasteiger partial charge in [-0.3, -0.25) is 4.79 Å². The Morgan fingerprint density at radius 2 is 1.75 bits per heavy atom. The summed E-state index contributed by atoms with van der Waals surface area (Å²) in [7, 11) is 0. The van der Waals surface area contributed by atoms with E-state index in [-0.39, 0.29) is 12.3 Å². The number of amides is 1. The molecule has 2 aromatic carbocycles. The van der Waals surface area contributed by atoms with Crippen molar-refractivity contribution in [1.29, 1.82) is 0 Å². The number of nitrogens with one attached hydrogen (secondary N) is 2. The summed E-state index contributed by atoms with van der Waals surface area (Å²) < 4.78 is 0. The maximum absolute atomic E-state index is 12.2.